The fourth-order valence-electron chi connectivity index (χ4n) is 9.13. The maximum atomic E-state index is 16.9. The van der Waals surface area contributed by atoms with Crippen LogP contribution in [0.3, 0.4) is 0 Å². The molecule has 0 saturated carbocycles. The van der Waals surface area contributed by atoms with Crippen molar-refractivity contribution in [2.45, 2.75) is 11.6 Å². The summed E-state index contributed by atoms with van der Waals surface area (Å²) in [5.74, 6) is 2.30. The average Bonchev–Trinajstić information content (AvgIpc) is 3.80. The molecule has 272 valence electrons. The molecule has 1 unspecified atom stereocenters. The Labute approximate surface area is 328 Å². The Hall–Kier alpha value is -7.31. The maximum absolute atomic E-state index is 16.9. The van der Waals surface area contributed by atoms with Crippen molar-refractivity contribution in [3.05, 3.63) is 222 Å². The fourth-order valence-corrected chi connectivity index (χ4v) is 9.13. The van der Waals surface area contributed by atoms with Crippen LogP contribution in [0.4, 0.5) is 4.39 Å². The van der Waals surface area contributed by atoms with Gasteiger partial charge in [0.25, 0.3) is 0 Å². The lowest BCUT2D eigenvalue weighted by Gasteiger charge is -2.41. The zero-order chi connectivity index (χ0) is 38.1. The first-order chi connectivity index (χ1) is 28.1. The molecule has 0 spiro atoms. The minimum absolute atomic E-state index is 0.554. The van der Waals surface area contributed by atoms with E-state index in [9.17, 15) is 0 Å². The molecule has 3 aromatic heterocycles. The predicted molar refractivity (Wildman–Crippen MR) is 226 cm³/mol. The first-order valence-electron chi connectivity index (χ1n) is 19.2. The van der Waals surface area contributed by atoms with Gasteiger partial charge in [0, 0.05) is 40.2 Å². The summed E-state index contributed by atoms with van der Waals surface area (Å²) in [7, 11) is 2.00. The van der Waals surface area contributed by atoms with E-state index in [1.807, 2.05) is 104 Å². The van der Waals surface area contributed by atoms with Crippen molar-refractivity contribution in [3.63, 3.8) is 0 Å². The van der Waals surface area contributed by atoms with Crippen LogP contribution in [0.2, 0.25) is 0 Å². The second kappa shape index (κ2) is 12.9. The van der Waals surface area contributed by atoms with E-state index in [0.29, 0.717) is 16.9 Å². The zero-order valence-corrected chi connectivity index (χ0v) is 31.1. The Morgan fingerprint density at radius 3 is 2.04 bits per heavy atom. The number of ether oxygens (including phenoxy) is 1. The van der Waals surface area contributed by atoms with Crippen LogP contribution in [0.15, 0.2) is 188 Å². The Bertz CT molecular complexity index is 3110. The van der Waals surface area contributed by atoms with Gasteiger partial charge in [-0.25, -0.2) is 14.4 Å². The van der Waals surface area contributed by atoms with Crippen LogP contribution in [0.25, 0.3) is 50.0 Å². The summed E-state index contributed by atoms with van der Waals surface area (Å²) in [6.07, 6.45) is 0.486. The van der Waals surface area contributed by atoms with Gasteiger partial charge in [-0.05, 0) is 64.7 Å². The number of rotatable bonds is 6. The number of para-hydroxylation sites is 4. The number of halogens is 1. The lowest BCUT2D eigenvalue weighted by molar-refractivity contribution is 0.402. The number of nitrogens with zero attached hydrogens (tertiary/aromatic N) is 4. The molecule has 0 aliphatic carbocycles. The van der Waals surface area contributed by atoms with E-state index in [0.717, 1.165) is 78.0 Å². The van der Waals surface area contributed by atoms with E-state index < -0.39 is 11.6 Å². The molecule has 0 N–H and O–H groups in total. The Morgan fingerprint density at radius 1 is 0.614 bits per heavy atom. The Balaban J connectivity index is 1.12. The zero-order valence-electron chi connectivity index (χ0n) is 31.1. The summed E-state index contributed by atoms with van der Waals surface area (Å²) < 4.78 is 27.9. The Morgan fingerprint density at radius 2 is 1.26 bits per heavy atom. The van der Waals surface area contributed by atoms with Gasteiger partial charge in [-0.15, -0.1) is 0 Å². The molecular weight excluding hydrogens is 704 g/mol. The number of aromatic nitrogens is 4. The molecule has 0 bridgehead atoms. The van der Waals surface area contributed by atoms with Gasteiger partial charge in [0.05, 0.1) is 28.2 Å². The number of pyridine rings is 1. The van der Waals surface area contributed by atoms with Crippen molar-refractivity contribution in [2.75, 3.05) is 0 Å². The molecule has 11 rings (SSSR count). The maximum Gasteiger partial charge on any atom is 0.151 e. The molecule has 57 heavy (non-hydrogen) atoms. The highest BCUT2D eigenvalue weighted by atomic mass is 19.1. The summed E-state index contributed by atoms with van der Waals surface area (Å²) in [5.41, 5.74) is 10.1. The number of hydrogen-bond acceptors (Lipinski definition) is 3. The van der Waals surface area contributed by atoms with Gasteiger partial charge in [-0.3, -0.25) is 4.57 Å². The number of alkyl halides is 1. The summed E-state index contributed by atoms with van der Waals surface area (Å²) in [6.45, 7) is 0. The van der Waals surface area contributed by atoms with Gasteiger partial charge in [-0.1, -0.05) is 140 Å². The van der Waals surface area contributed by atoms with Crippen molar-refractivity contribution in [1.29, 1.82) is 0 Å². The third kappa shape index (κ3) is 4.93. The lowest BCUT2D eigenvalue weighted by Crippen LogP contribution is -2.34. The van der Waals surface area contributed by atoms with E-state index in [1.54, 1.807) is 0 Å². The SMILES string of the molecule is Cn1c(-c2cccc(C(F)c3cccc(-n4c5ccccc5c5c6c(cnc54)Oc4ccccc4C6(c4ccccc4)c4ccccc4)c3)c2)nc2ccccc21. The first-order valence-corrected chi connectivity index (χ1v) is 19.2. The number of aryl methyl sites for hydroxylation is 1. The number of benzene rings is 7. The van der Waals surface area contributed by atoms with Gasteiger partial charge in [0.1, 0.15) is 17.2 Å². The second-order valence-corrected chi connectivity index (χ2v) is 14.7. The summed E-state index contributed by atoms with van der Waals surface area (Å²) in [5, 5.41) is 2.02. The van der Waals surface area contributed by atoms with Crippen molar-refractivity contribution >= 4 is 33.0 Å². The van der Waals surface area contributed by atoms with E-state index in [1.165, 1.54) is 0 Å². The minimum Gasteiger partial charge on any atom is -0.455 e. The molecule has 10 aromatic rings. The summed E-state index contributed by atoms with van der Waals surface area (Å²) in [6, 6.07) is 61.6. The van der Waals surface area contributed by atoms with E-state index >= 15 is 4.39 Å². The normalized spacial score (nSPS) is 13.6. The predicted octanol–water partition coefficient (Wildman–Crippen LogP) is 12.3. The van der Waals surface area contributed by atoms with Crippen molar-refractivity contribution in [3.8, 4) is 28.6 Å². The summed E-state index contributed by atoms with van der Waals surface area (Å²) in [4.78, 5) is 10.0. The highest BCUT2D eigenvalue weighted by Gasteiger charge is 2.47. The summed E-state index contributed by atoms with van der Waals surface area (Å²) >= 11 is 0. The molecule has 5 nitrogen and oxygen atoms in total. The minimum atomic E-state index is -1.37. The first kappa shape index (κ1) is 33.1. The molecule has 1 aliphatic rings. The van der Waals surface area contributed by atoms with Crippen LogP contribution in [0, 0.1) is 0 Å². The molecular formula is C51H35FN4O. The van der Waals surface area contributed by atoms with Gasteiger partial charge in [0.2, 0.25) is 0 Å². The van der Waals surface area contributed by atoms with Crippen LogP contribution in [0.5, 0.6) is 11.5 Å². The molecule has 6 heteroatoms. The van der Waals surface area contributed by atoms with Crippen LogP contribution < -0.4 is 4.74 Å². The van der Waals surface area contributed by atoms with E-state index in [-0.39, 0.29) is 0 Å². The van der Waals surface area contributed by atoms with Crippen molar-refractivity contribution in [1.82, 2.24) is 19.1 Å². The van der Waals surface area contributed by atoms with E-state index in [4.69, 9.17) is 14.7 Å². The van der Waals surface area contributed by atoms with Gasteiger partial charge in [-0.2, -0.15) is 0 Å². The van der Waals surface area contributed by atoms with Crippen LogP contribution in [-0.2, 0) is 12.5 Å². The largest absolute Gasteiger partial charge is 0.455 e. The van der Waals surface area contributed by atoms with Crippen LogP contribution in [-0.4, -0.2) is 19.1 Å². The van der Waals surface area contributed by atoms with Gasteiger partial charge >= 0.3 is 0 Å². The highest BCUT2D eigenvalue weighted by Crippen LogP contribution is 2.58. The van der Waals surface area contributed by atoms with Crippen LogP contribution >= 0.6 is 0 Å². The third-order valence-corrected chi connectivity index (χ3v) is 11.6. The Kier molecular flexibility index (Phi) is 7.48. The highest BCUT2D eigenvalue weighted by molar-refractivity contribution is 6.11. The lowest BCUT2D eigenvalue weighted by atomic mass is 9.63. The average molecular weight is 739 g/mol. The number of fused-ring (bicyclic) bond motifs is 7. The molecule has 0 radical (unpaired) electrons. The third-order valence-electron chi connectivity index (χ3n) is 11.6. The molecule has 0 amide bonds. The van der Waals surface area contributed by atoms with Crippen molar-refractivity contribution in [2.24, 2.45) is 7.05 Å². The standard InChI is InChI=1S/C51H35FN4O/c1-55-43-28-12-10-26-41(43)54-49(55)35-18-14-16-33(30-35)48(52)34-17-15-23-38(31-34)56-42-27-11-8-24-39(42)46-47-45(32-53-50(46)56)57-44-29-13-9-25-40(44)51(47,36-19-4-2-5-20-36)37-21-6-3-7-22-37/h2-32,48H,1H3. The smallest absolute Gasteiger partial charge is 0.151 e. The second-order valence-electron chi connectivity index (χ2n) is 14.7. The van der Waals surface area contributed by atoms with Crippen LogP contribution in [0.1, 0.15) is 39.6 Å². The molecule has 0 fully saturated rings. The van der Waals surface area contributed by atoms with E-state index in [2.05, 4.69) is 100 Å². The molecule has 4 heterocycles. The molecule has 7 aromatic carbocycles. The topological polar surface area (TPSA) is 44.9 Å². The van der Waals surface area contributed by atoms with Gasteiger partial charge in [0.15, 0.2) is 11.9 Å². The fraction of sp³-hybridized carbons (Fsp3) is 0.0588. The number of hydrogen-bond donors (Lipinski definition) is 0. The molecule has 1 atom stereocenters. The van der Waals surface area contributed by atoms with Gasteiger partial charge < -0.3 is 9.30 Å². The molecule has 1 aliphatic heterocycles. The molecule has 0 saturated heterocycles. The van der Waals surface area contributed by atoms with Crippen molar-refractivity contribution < 1.29 is 9.13 Å². The number of imidazole rings is 1. The quantitative estimate of drug-likeness (QED) is 0.171. The monoisotopic (exact) mass is 738 g/mol.